The first-order valence-electron chi connectivity index (χ1n) is 6.96. The third-order valence-corrected chi connectivity index (χ3v) is 4.06. The molecular formula is C16H13F3O5S. The van der Waals surface area contributed by atoms with E-state index in [1.54, 1.807) is 36.4 Å². The minimum atomic E-state index is -5.97. The summed E-state index contributed by atoms with van der Waals surface area (Å²) in [6.07, 6.45) is -2.06. The number of rotatable bonds is 6. The second-order valence-electron chi connectivity index (χ2n) is 4.88. The Morgan fingerprint density at radius 2 is 1.48 bits per heavy atom. The van der Waals surface area contributed by atoms with Crippen LogP contribution in [0.4, 0.5) is 13.2 Å². The minimum absolute atomic E-state index is 0.0756. The molecule has 0 heterocycles. The van der Waals surface area contributed by atoms with Crippen LogP contribution in [0.5, 0.6) is 0 Å². The summed E-state index contributed by atoms with van der Waals surface area (Å²) in [5, 5.41) is 0. The van der Waals surface area contributed by atoms with Gasteiger partial charge >= 0.3 is 21.6 Å². The van der Waals surface area contributed by atoms with Crippen molar-refractivity contribution in [2.75, 3.05) is 0 Å². The van der Waals surface area contributed by atoms with Crippen LogP contribution in [-0.4, -0.2) is 19.9 Å². The van der Waals surface area contributed by atoms with Gasteiger partial charge in [-0.3, -0.25) is 0 Å². The number of benzene rings is 2. The predicted molar refractivity (Wildman–Crippen MR) is 81.5 cm³/mol. The van der Waals surface area contributed by atoms with E-state index in [-0.39, 0.29) is 12.2 Å². The van der Waals surface area contributed by atoms with Gasteiger partial charge in [-0.25, -0.2) is 8.98 Å². The highest BCUT2D eigenvalue weighted by molar-refractivity contribution is 7.87. The molecule has 0 N–H and O–H groups in total. The van der Waals surface area contributed by atoms with E-state index in [4.69, 9.17) is 4.74 Å². The van der Waals surface area contributed by atoms with Gasteiger partial charge in [-0.2, -0.15) is 21.6 Å². The Labute approximate surface area is 142 Å². The van der Waals surface area contributed by atoms with Crippen molar-refractivity contribution in [1.29, 1.82) is 0 Å². The molecule has 5 nitrogen and oxygen atoms in total. The fourth-order valence-corrected chi connectivity index (χ4v) is 2.40. The summed E-state index contributed by atoms with van der Waals surface area (Å²) >= 11 is 0. The van der Waals surface area contributed by atoms with E-state index in [0.717, 1.165) is 0 Å². The highest BCUT2D eigenvalue weighted by atomic mass is 32.2. The molecule has 25 heavy (non-hydrogen) atoms. The maximum absolute atomic E-state index is 12.6. The number of carbonyl (C=O) groups excluding carboxylic acids is 1. The quantitative estimate of drug-likeness (QED) is 0.441. The predicted octanol–water partition coefficient (Wildman–Crippen LogP) is 3.34. The van der Waals surface area contributed by atoms with Crippen molar-refractivity contribution in [1.82, 2.24) is 0 Å². The molecule has 0 aliphatic carbocycles. The van der Waals surface area contributed by atoms with E-state index in [2.05, 4.69) is 4.18 Å². The second-order valence-corrected chi connectivity index (χ2v) is 6.44. The standard InChI is InChI=1S/C16H13F3O5S/c17-16(18,19)25(21,22)24-14(13-9-5-2-6-10-13)15(20)23-11-12-7-3-1-4-8-12/h1-10,14H,11H2/t14-/m0/s1. The molecule has 2 aromatic carbocycles. The second kappa shape index (κ2) is 7.66. The Hall–Kier alpha value is -2.39. The van der Waals surface area contributed by atoms with Gasteiger partial charge in [-0.1, -0.05) is 60.7 Å². The van der Waals surface area contributed by atoms with E-state index in [1.165, 1.54) is 24.3 Å². The summed E-state index contributed by atoms with van der Waals surface area (Å²) in [6, 6.07) is 15.3. The van der Waals surface area contributed by atoms with Crippen molar-refractivity contribution >= 4 is 16.1 Å². The molecule has 0 aliphatic rings. The summed E-state index contributed by atoms with van der Waals surface area (Å²) in [5.41, 5.74) is -5.14. The monoisotopic (exact) mass is 374 g/mol. The molecule has 0 aliphatic heterocycles. The van der Waals surface area contributed by atoms with Gasteiger partial charge in [0.1, 0.15) is 6.61 Å². The number of ether oxygens (including phenoxy) is 1. The van der Waals surface area contributed by atoms with Crippen molar-refractivity contribution in [2.45, 2.75) is 18.2 Å². The molecule has 2 rings (SSSR count). The Balaban J connectivity index is 2.21. The minimum Gasteiger partial charge on any atom is -0.459 e. The summed E-state index contributed by atoms with van der Waals surface area (Å²) in [4.78, 5) is 12.1. The first kappa shape index (κ1) is 18.9. The van der Waals surface area contributed by atoms with Gasteiger partial charge in [-0.05, 0) is 11.1 Å². The maximum Gasteiger partial charge on any atom is 0.523 e. The Morgan fingerprint density at radius 1 is 0.960 bits per heavy atom. The van der Waals surface area contributed by atoms with Crippen molar-refractivity contribution in [2.24, 2.45) is 0 Å². The lowest BCUT2D eigenvalue weighted by Crippen LogP contribution is -2.30. The normalized spacial score (nSPS) is 13.2. The average molecular weight is 374 g/mol. The number of esters is 1. The summed E-state index contributed by atoms with van der Waals surface area (Å²) in [6.45, 7) is -0.238. The van der Waals surface area contributed by atoms with Gasteiger partial charge in [0.25, 0.3) is 0 Å². The van der Waals surface area contributed by atoms with Crippen LogP contribution in [0.25, 0.3) is 0 Å². The zero-order chi connectivity index (χ0) is 18.5. The van der Waals surface area contributed by atoms with Crippen LogP contribution in [-0.2, 0) is 30.4 Å². The average Bonchev–Trinajstić information content (AvgIpc) is 2.58. The molecular weight excluding hydrogens is 361 g/mol. The highest BCUT2D eigenvalue weighted by Gasteiger charge is 2.50. The van der Waals surface area contributed by atoms with Crippen LogP contribution in [0.15, 0.2) is 60.7 Å². The molecule has 134 valence electrons. The summed E-state index contributed by atoms with van der Waals surface area (Å²) in [7, 11) is -5.97. The molecule has 9 heteroatoms. The fourth-order valence-electron chi connectivity index (χ4n) is 1.84. The molecule has 0 saturated heterocycles. The van der Waals surface area contributed by atoms with Crippen LogP contribution in [0.3, 0.4) is 0 Å². The zero-order valence-corrected chi connectivity index (χ0v) is 13.5. The molecule has 0 unspecified atom stereocenters. The van der Waals surface area contributed by atoms with Crippen LogP contribution >= 0.6 is 0 Å². The van der Waals surface area contributed by atoms with Crippen LogP contribution in [0.2, 0.25) is 0 Å². The van der Waals surface area contributed by atoms with Gasteiger partial charge < -0.3 is 4.74 Å². The third kappa shape index (κ3) is 5.04. The number of hydrogen-bond donors (Lipinski definition) is 0. The number of alkyl halides is 3. The van der Waals surface area contributed by atoms with E-state index in [0.29, 0.717) is 5.56 Å². The Kier molecular flexibility index (Phi) is 5.81. The lowest BCUT2D eigenvalue weighted by atomic mass is 10.1. The zero-order valence-electron chi connectivity index (χ0n) is 12.6. The number of halogens is 3. The van der Waals surface area contributed by atoms with Gasteiger partial charge in [0.2, 0.25) is 0 Å². The number of carbonyl (C=O) groups is 1. The van der Waals surface area contributed by atoms with E-state index in [9.17, 15) is 26.4 Å². The van der Waals surface area contributed by atoms with Gasteiger partial charge in [0.15, 0.2) is 6.10 Å². The summed E-state index contributed by atoms with van der Waals surface area (Å²) < 4.78 is 69.2. The number of hydrogen-bond acceptors (Lipinski definition) is 5. The molecule has 0 fully saturated rings. The van der Waals surface area contributed by atoms with Crippen molar-refractivity contribution in [3.05, 3.63) is 71.8 Å². The molecule has 2 aromatic rings. The van der Waals surface area contributed by atoms with Crippen molar-refractivity contribution in [3.63, 3.8) is 0 Å². The maximum atomic E-state index is 12.6. The van der Waals surface area contributed by atoms with E-state index < -0.39 is 27.7 Å². The van der Waals surface area contributed by atoms with Crippen molar-refractivity contribution in [3.8, 4) is 0 Å². The van der Waals surface area contributed by atoms with Crippen LogP contribution in [0, 0.1) is 0 Å². The molecule has 0 bridgehead atoms. The van der Waals surface area contributed by atoms with Crippen LogP contribution < -0.4 is 0 Å². The molecule has 0 saturated carbocycles. The smallest absolute Gasteiger partial charge is 0.459 e. The SMILES string of the molecule is O=C(OCc1ccccc1)[C@@H](OS(=O)(=O)C(F)(F)F)c1ccccc1. The van der Waals surface area contributed by atoms with E-state index >= 15 is 0 Å². The molecule has 0 spiro atoms. The Bertz CT molecular complexity index is 805. The van der Waals surface area contributed by atoms with Crippen molar-refractivity contribution < 1.29 is 35.3 Å². The molecule has 0 amide bonds. The topological polar surface area (TPSA) is 69.7 Å². The first-order valence-corrected chi connectivity index (χ1v) is 8.36. The van der Waals surface area contributed by atoms with Gasteiger partial charge in [0, 0.05) is 0 Å². The van der Waals surface area contributed by atoms with Crippen LogP contribution in [0.1, 0.15) is 17.2 Å². The first-order chi connectivity index (χ1) is 11.7. The van der Waals surface area contributed by atoms with Gasteiger partial charge in [0.05, 0.1) is 0 Å². The third-order valence-electron chi connectivity index (χ3n) is 3.05. The lowest BCUT2D eigenvalue weighted by Gasteiger charge is -2.18. The molecule has 0 radical (unpaired) electrons. The van der Waals surface area contributed by atoms with Gasteiger partial charge in [-0.15, -0.1) is 0 Å². The fraction of sp³-hybridized carbons (Fsp3) is 0.188. The Morgan fingerprint density at radius 3 is 2.00 bits per heavy atom. The lowest BCUT2D eigenvalue weighted by molar-refractivity contribution is -0.154. The molecule has 1 atom stereocenters. The molecule has 0 aromatic heterocycles. The largest absolute Gasteiger partial charge is 0.523 e. The highest BCUT2D eigenvalue weighted by Crippen LogP contribution is 2.31. The van der Waals surface area contributed by atoms with E-state index in [1.807, 2.05) is 0 Å². The summed E-state index contributed by atoms with van der Waals surface area (Å²) in [5.74, 6) is -1.25.